The third-order valence-corrected chi connectivity index (χ3v) is 5.27. The molecular weight excluding hydrogens is 381 g/mol. The molecule has 1 heterocycles. The van der Waals surface area contributed by atoms with Crippen LogP contribution in [0.1, 0.15) is 28.3 Å². The van der Waals surface area contributed by atoms with Gasteiger partial charge < -0.3 is 5.11 Å². The van der Waals surface area contributed by atoms with Crippen molar-refractivity contribution < 1.29 is 19.1 Å². The van der Waals surface area contributed by atoms with Gasteiger partial charge in [0, 0.05) is 11.3 Å². The largest absolute Gasteiger partial charge is 0.507 e. The Morgan fingerprint density at radius 3 is 1.93 bits per heavy atom. The highest BCUT2D eigenvalue weighted by molar-refractivity contribution is 6.51. The summed E-state index contributed by atoms with van der Waals surface area (Å²) in [6, 6.07) is 19.0. The lowest BCUT2D eigenvalue weighted by Gasteiger charge is -2.25. The fourth-order valence-corrected chi connectivity index (χ4v) is 3.63. The SMILES string of the molecule is Cc1ccc(C(O)=C2C(=O)C(=O)N(c3ccc(F)cc3)[C@H]2c2ccc(C)cc2)cc1. The average molecular weight is 401 g/mol. The fourth-order valence-electron chi connectivity index (χ4n) is 3.63. The minimum Gasteiger partial charge on any atom is -0.507 e. The summed E-state index contributed by atoms with van der Waals surface area (Å²) in [4.78, 5) is 27.3. The highest BCUT2D eigenvalue weighted by Gasteiger charge is 2.46. The van der Waals surface area contributed by atoms with Crippen LogP contribution in [0, 0.1) is 19.7 Å². The van der Waals surface area contributed by atoms with Crippen LogP contribution in [0.3, 0.4) is 0 Å². The lowest BCUT2D eigenvalue weighted by molar-refractivity contribution is -0.132. The lowest BCUT2D eigenvalue weighted by Crippen LogP contribution is -2.29. The van der Waals surface area contributed by atoms with Crippen molar-refractivity contribution in [1.29, 1.82) is 0 Å². The van der Waals surface area contributed by atoms with Gasteiger partial charge in [-0.25, -0.2) is 4.39 Å². The first-order valence-electron chi connectivity index (χ1n) is 9.57. The van der Waals surface area contributed by atoms with Crippen molar-refractivity contribution in [3.8, 4) is 0 Å². The van der Waals surface area contributed by atoms with Gasteiger partial charge in [-0.3, -0.25) is 14.5 Å². The Balaban J connectivity index is 1.93. The van der Waals surface area contributed by atoms with Crippen LogP contribution in [-0.2, 0) is 9.59 Å². The van der Waals surface area contributed by atoms with E-state index in [9.17, 15) is 19.1 Å². The molecule has 1 saturated heterocycles. The number of benzene rings is 3. The van der Waals surface area contributed by atoms with Crippen LogP contribution in [-0.4, -0.2) is 16.8 Å². The lowest BCUT2D eigenvalue weighted by atomic mass is 9.94. The van der Waals surface area contributed by atoms with Gasteiger partial charge in [0.15, 0.2) is 0 Å². The van der Waals surface area contributed by atoms with Crippen molar-refractivity contribution in [2.45, 2.75) is 19.9 Å². The molecule has 1 N–H and O–H groups in total. The first-order valence-corrected chi connectivity index (χ1v) is 9.57. The number of hydrogen-bond donors (Lipinski definition) is 1. The van der Waals surface area contributed by atoms with Crippen LogP contribution >= 0.6 is 0 Å². The molecule has 4 nitrogen and oxygen atoms in total. The van der Waals surface area contributed by atoms with E-state index in [0.29, 0.717) is 16.8 Å². The van der Waals surface area contributed by atoms with E-state index in [4.69, 9.17) is 0 Å². The van der Waals surface area contributed by atoms with Gasteiger partial charge in [0.2, 0.25) is 0 Å². The average Bonchev–Trinajstić information content (AvgIpc) is 3.00. The Morgan fingerprint density at radius 1 is 0.833 bits per heavy atom. The third-order valence-electron chi connectivity index (χ3n) is 5.27. The predicted molar refractivity (Wildman–Crippen MR) is 114 cm³/mol. The summed E-state index contributed by atoms with van der Waals surface area (Å²) in [7, 11) is 0. The number of carbonyl (C=O) groups is 2. The van der Waals surface area contributed by atoms with Crippen LogP contribution in [0.2, 0.25) is 0 Å². The zero-order valence-corrected chi connectivity index (χ0v) is 16.6. The monoisotopic (exact) mass is 401 g/mol. The molecule has 1 amide bonds. The van der Waals surface area contributed by atoms with E-state index >= 15 is 0 Å². The van der Waals surface area contributed by atoms with Gasteiger partial charge in [-0.05, 0) is 43.7 Å². The molecule has 0 saturated carbocycles. The number of rotatable bonds is 3. The van der Waals surface area contributed by atoms with Crippen molar-refractivity contribution in [3.63, 3.8) is 0 Å². The number of halogens is 1. The molecule has 150 valence electrons. The summed E-state index contributed by atoms with van der Waals surface area (Å²) < 4.78 is 13.5. The van der Waals surface area contributed by atoms with E-state index in [1.165, 1.54) is 29.2 Å². The molecule has 5 heteroatoms. The highest BCUT2D eigenvalue weighted by atomic mass is 19.1. The van der Waals surface area contributed by atoms with E-state index in [0.717, 1.165) is 11.1 Å². The van der Waals surface area contributed by atoms with E-state index in [-0.39, 0.29) is 11.3 Å². The normalized spacial score (nSPS) is 18.1. The molecule has 3 aromatic carbocycles. The summed E-state index contributed by atoms with van der Waals surface area (Å²) in [5.74, 6) is -2.21. The van der Waals surface area contributed by atoms with Gasteiger partial charge in [0.1, 0.15) is 11.6 Å². The smallest absolute Gasteiger partial charge is 0.300 e. The van der Waals surface area contributed by atoms with Crippen LogP contribution < -0.4 is 4.90 Å². The van der Waals surface area contributed by atoms with Gasteiger partial charge in [0.25, 0.3) is 11.7 Å². The number of hydrogen-bond acceptors (Lipinski definition) is 3. The van der Waals surface area contributed by atoms with Crippen molar-refractivity contribution >= 4 is 23.1 Å². The van der Waals surface area contributed by atoms with Crippen molar-refractivity contribution in [3.05, 3.63) is 106 Å². The van der Waals surface area contributed by atoms with Gasteiger partial charge in [-0.2, -0.15) is 0 Å². The molecule has 1 aliphatic rings. The second kappa shape index (κ2) is 7.59. The quantitative estimate of drug-likeness (QED) is 0.379. The molecule has 1 atom stereocenters. The second-order valence-corrected chi connectivity index (χ2v) is 7.42. The molecule has 1 aliphatic heterocycles. The molecule has 0 radical (unpaired) electrons. The standard InChI is InChI=1S/C25H20FNO3/c1-15-3-7-17(8-4-15)22-21(23(28)18-9-5-16(2)6-10-18)24(29)25(30)27(22)20-13-11-19(26)12-14-20/h3-14,22,28H,1-2H3/t22-/m0/s1. The summed E-state index contributed by atoms with van der Waals surface area (Å²) in [5, 5.41) is 11.0. The van der Waals surface area contributed by atoms with Gasteiger partial charge >= 0.3 is 0 Å². The van der Waals surface area contributed by atoms with Gasteiger partial charge in [-0.15, -0.1) is 0 Å². The van der Waals surface area contributed by atoms with Crippen molar-refractivity contribution in [1.82, 2.24) is 0 Å². The maximum absolute atomic E-state index is 13.5. The third kappa shape index (κ3) is 3.39. The first-order chi connectivity index (χ1) is 14.4. The zero-order chi connectivity index (χ0) is 21.4. The Morgan fingerprint density at radius 2 is 1.37 bits per heavy atom. The first kappa shape index (κ1) is 19.6. The molecule has 1 fully saturated rings. The van der Waals surface area contributed by atoms with E-state index in [2.05, 4.69) is 0 Å². The van der Waals surface area contributed by atoms with Crippen LogP contribution in [0.4, 0.5) is 10.1 Å². The molecule has 0 bridgehead atoms. The summed E-state index contributed by atoms with van der Waals surface area (Å²) in [5.41, 5.74) is 3.56. The number of aliphatic hydroxyl groups is 1. The van der Waals surface area contributed by atoms with Gasteiger partial charge in [0.05, 0.1) is 11.6 Å². The number of amides is 1. The molecular formula is C25H20FNO3. The Kier molecular flexibility index (Phi) is 4.96. The molecule has 30 heavy (non-hydrogen) atoms. The predicted octanol–water partition coefficient (Wildman–Crippen LogP) is 5.07. The van der Waals surface area contributed by atoms with E-state index in [1.807, 2.05) is 50.2 Å². The van der Waals surface area contributed by atoms with Crippen molar-refractivity contribution in [2.24, 2.45) is 0 Å². The molecule has 0 unspecified atom stereocenters. The molecule has 0 aliphatic carbocycles. The van der Waals surface area contributed by atoms with Crippen molar-refractivity contribution in [2.75, 3.05) is 4.90 Å². The number of carbonyl (C=O) groups excluding carboxylic acids is 2. The number of aryl methyl sites for hydroxylation is 2. The minimum absolute atomic E-state index is 0.0111. The number of ketones is 1. The molecule has 3 aromatic rings. The maximum atomic E-state index is 13.5. The summed E-state index contributed by atoms with van der Waals surface area (Å²) in [6.45, 7) is 3.86. The molecule has 0 aromatic heterocycles. The number of aliphatic hydroxyl groups excluding tert-OH is 1. The highest BCUT2D eigenvalue weighted by Crippen LogP contribution is 2.42. The second-order valence-electron chi connectivity index (χ2n) is 7.42. The van der Waals surface area contributed by atoms with Gasteiger partial charge in [-0.1, -0.05) is 59.7 Å². The maximum Gasteiger partial charge on any atom is 0.300 e. The van der Waals surface area contributed by atoms with Crippen LogP contribution in [0.25, 0.3) is 5.76 Å². The summed E-state index contributed by atoms with van der Waals surface area (Å²) in [6.07, 6.45) is 0. The van der Waals surface area contributed by atoms with E-state index < -0.39 is 23.5 Å². The van der Waals surface area contributed by atoms with Crippen LogP contribution in [0.15, 0.2) is 78.4 Å². The molecule has 0 spiro atoms. The minimum atomic E-state index is -0.822. The fraction of sp³-hybridized carbons (Fsp3) is 0.120. The Labute approximate surface area is 173 Å². The Bertz CT molecular complexity index is 1150. The van der Waals surface area contributed by atoms with E-state index in [1.54, 1.807) is 12.1 Å². The number of anilines is 1. The summed E-state index contributed by atoms with van der Waals surface area (Å²) >= 11 is 0. The van der Waals surface area contributed by atoms with Crippen LogP contribution in [0.5, 0.6) is 0 Å². The molecule has 4 rings (SSSR count). The topological polar surface area (TPSA) is 57.6 Å². The number of Topliss-reactive ketones (excluding diaryl/α,β-unsaturated/α-hetero) is 1. The zero-order valence-electron chi connectivity index (χ0n) is 16.6. The Hall–Kier alpha value is -3.73. The number of nitrogens with zero attached hydrogens (tertiary/aromatic N) is 1.